The van der Waals surface area contributed by atoms with Gasteiger partial charge < -0.3 is 10.0 Å². The van der Waals surface area contributed by atoms with Crippen LogP contribution in [0.15, 0.2) is 18.3 Å². The molecule has 0 saturated heterocycles. The molecule has 3 heteroatoms. The summed E-state index contributed by atoms with van der Waals surface area (Å²) in [6.07, 6.45) is 1.29. The number of hydrogen-bond acceptors (Lipinski definition) is 3. The molecule has 1 atom stereocenters. The molecule has 15 heavy (non-hydrogen) atoms. The lowest BCUT2D eigenvalue weighted by Gasteiger charge is -2.20. The minimum atomic E-state index is -0.443. The molecule has 0 aliphatic heterocycles. The normalized spacial score (nSPS) is 12.9. The first-order chi connectivity index (χ1) is 7.00. The highest BCUT2D eigenvalue weighted by atomic mass is 16.3. The number of aliphatic hydroxyl groups excluding tert-OH is 1. The van der Waals surface area contributed by atoms with E-state index in [1.165, 1.54) is 0 Å². The van der Waals surface area contributed by atoms with Gasteiger partial charge in [0.2, 0.25) is 0 Å². The number of anilines is 1. The van der Waals surface area contributed by atoms with E-state index in [9.17, 15) is 5.11 Å². The Hall–Kier alpha value is -1.09. The molecular formula is C12H20N2O. The molecule has 1 aromatic rings. The van der Waals surface area contributed by atoms with E-state index < -0.39 is 6.10 Å². The lowest BCUT2D eigenvalue weighted by molar-refractivity contribution is 0.199. The van der Waals surface area contributed by atoms with Crippen LogP contribution >= 0.6 is 0 Å². The van der Waals surface area contributed by atoms with Gasteiger partial charge in [-0.1, -0.05) is 19.9 Å². The van der Waals surface area contributed by atoms with Crippen molar-refractivity contribution in [3.8, 4) is 0 Å². The maximum atomic E-state index is 9.35. The second-order valence-electron chi connectivity index (χ2n) is 4.40. The fraction of sp³-hybridized carbons (Fsp3) is 0.583. The molecule has 0 spiro atoms. The smallest absolute Gasteiger partial charge is 0.128 e. The number of hydrogen-bond donors (Lipinski definition) is 1. The minimum absolute atomic E-state index is 0.443. The highest BCUT2D eigenvalue weighted by Crippen LogP contribution is 2.15. The predicted octanol–water partition coefficient (Wildman–Crippen LogP) is 2.23. The average molecular weight is 208 g/mol. The maximum Gasteiger partial charge on any atom is 0.128 e. The van der Waals surface area contributed by atoms with Crippen LogP contribution in [0.5, 0.6) is 0 Å². The highest BCUT2D eigenvalue weighted by molar-refractivity contribution is 5.38. The number of pyridine rings is 1. The summed E-state index contributed by atoms with van der Waals surface area (Å²) in [4.78, 5) is 6.44. The van der Waals surface area contributed by atoms with Gasteiger partial charge in [0.25, 0.3) is 0 Å². The van der Waals surface area contributed by atoms with E-state index in [1.807, 2.05) is 19.2 Å². The van der Waals surface area contributed by atoms with Crippen molar-refractivity contribution in [1.82, 2.24) is 4.98 Å². The molecule has 0 aromatic carbocycles. The quantitative estimate of drug-likeness (QED) is 0.824. The van der Waals surface area contributed by atoms with Gasteiger partial charge in [-0.2, -0.15) is 0 Å². The number of rotatable bonds is 4. The number of aliphatic hydroxyl groups is 1. The van der Waals surface area contributed by atoms with Crippen LogP contribution in [0.4, 0.5) is 5.82 Å². The van der Waals surface area contributed by atoms with Gasteiger partial charge in [0.15, 0.2) is 0 Å². The Morgan fingerprint density at radius 2 is 2.00 bits per heavy atom. The first-order valence-electron chi connectivity index (χ1n) is 5.36. The summed E-state index contributed by atoms with van der Waals surface area (Å²) in [6.45, 7) is 7.09. The highest BCUT2D eigenvalue weighted by Gasteiger charge is 2.06. The monoisotopic (exact) mass is 208 g/mol. The SMILES string of the molecule is CC(C)CN(C)c1ccc([C@@H](C)O)cn1. The van der Waals surface area contributed by atoms with Gasteiger partial charge >= 0.3 is 0 Å². The molecule has 1 rings (SSSR count). The average Bonchev–Trinajstić information content (AvgIpc) is 2.17. The second kappa shape index (κ2) is 5.12. The first kappa shape index (κ1) is 12.0. The summed E-state index contributed by atoms with van der Waals surface area (Å²) in [5.41, 5.74) is 0.858. The van der Waals surface area contributed by atoms with Crippen molar-refractivity contribution < 1.29 is 5.11 Å². The Labute approximate surface area is 91.8 Å². The third kappa shape index (κ3) is 3.51. The first-order valence-corrected chi connectivity index (χ1v) is 5.36. The maximum absolute atomic E-state index is 9.35. The van der Waals surface area contributed by atoms with Crippen LogP contribution in [0, 0.1) is 5.92 Å². The summed E-state index contributed by atoms with van der Waals surface area (Å²) in [6, 6.07) is 3.87. The minimum Gasteiger partial charge on any atom is -0.389 e. The fourth-order valence-corrected chi connectivity index (χ4v) is 1.51. The zero-order valence-corrected chi connectivity index (χ0v) is 9.94. The summed E-state index contributed by atoms with van der Waals surface area (Å²) in [5.74, 6) is 1.57. The molecule has 0 bridgehead atoms. The van der Waals surface area contributed by atoms with Gasteiger partial charge in [-0.3, -0.25) is 0 Å². The lowest BCUT2D eigenvalue weighted by atomic mass is 10.2. The van der Waals surface area contributed by atoms with Crippen LogP contribution in [-0.2, 0) is 0 Å². The standard InChI is InChI=1S/C12H20N2O/c1-9(2)8-14(4)12-6-5-11(7-13-12)10(3)15/h5-7,9-10,15H,8H2,1-4H3/t10-/m1/s1. The van der Waals surface area contributed by atoms with Crippen LogP contribution in [0.2, 0.25) is 0 Å². The predicted molar refractivity (Wildman–Crippen MR) is 63.0 cm³/mol. The van der Waals surface area contributed by atoms with E-state index >= 15 is 0 Å². The molecule has 0 aliphatic rings. The van der Waals surface area contributed by atoms with Crippen LogP contribution < -0.4 is 4.90 Å². The van der Waals surface area contributed by atoms with E-state index in [-0.39, 0.29) is 0 Å². The Balaban J connectivity index is 2.71. The van der Waals surface area contributed by atoms with Gasteiger partial charge in [-0.15, -0.1) is 0 Å². The Morgan fingerprint density at radius 3 is 2.40 bits per heavy atom. The van der Waals surface area contributed by atoms with Crippen LogP contribution in [0.1, 0.15) is 32.4 Å². The summed E-state index contributed by atoms with van der Waals surface area (Å²) in [7, 11) is 2.03. The Kier molecular flexibility index (Phi) is 4.09. The molecular weight excluding hydrogens is 188 g/mol. The number of nitrogens with zero attached hydrogens (tertiary/aromatic N) is 2. The van der Waals surface area contributed by atoms with Gasteiger partial charge in [0.05, 0.1) is 6.10 Å². The molecule has 0 unspecified atom stereocenters. The molecule has 0 saturated carbocycles. The van der Waals surface area contributed by atoms with Crippen LogP contribution in [0.25, 0.3) is 0 Å². The van der Waals surface area contributed by atoms with Crippen molar-refractivity contribution in [2.24, 2.45) is 5.92 Å². The fourth-order valence-electron chi connectivity index (χ4n) is 1.51. The van der Waals surface area contributed by atoms with E-state index in [2.05, 4.69) is 23.7 Å². The lowest BCUT2D eigenvalue weighted by Crippen LogP contribution is -2.23. The second-order valence-corrected chi connectivity index (χ2v) is 4.40. The van der Waals surface area contributed by atoms with Crippen molar-refractivity contribution in [2.45, 2.75) is 26.9 Å². The summed E-state index contributed by atoms with van der Waals surface area (Å²) < 4.78 is 0. The molecule has 0 aliphatic carbocycles. The van der Waals surface area contributed by atoms with Crippen LogP contribution in [-0.4, -0.2) is 23.7 Å². The van der Waals surface area contributed by atoms with E-state index in [1.54, 1.807) is 13.1 Å². The van der Waals surface area contributed by atoms with Gasteiger partial charge in [0, 0.05) is 19.8 Å². The Morgan fingerprint density at radius 1 is 1.33 bits per heavy atom. The summed E-state index contributed by atoms with van der Waals surface area (Å²) >= 11 is 0. The van der Waals surface area contributed by atoms with Crippen molar-refractivity contribution in [2.75, 3.05) is 18.5 Å². The van der Waals surface area contributed by atoms with Crippen molar-refractivity contribution >= 4 is 5.82 Å². The van der Waals surface area contributed by atoms with Gasteiger partial charge in [0.1, 0.15) is 5.82 Å². The van der Waals surface area contributed by atoms with Gasteiger partial charge in [-0.05, 0) is 24.5 Å². The molecule has 0 radical (unpaired) electrons. The molecule has 0 fully saturated rings. The van der Waals surface area contributed by atoms with E-state index in [0.29, 0.717) is 5.92 Å². The van der Waals surface area contributed by atoms with E-state index in [0.717, 1.165) is 17.9 Å². The topological polar surface area (TPSA) is 36.4 Å². The van der Waals surface area contributed by atoms with Gasteiger partial charge in [-0.25, -0.2) is 4.98 Å². The molecule has 84 valence electrons. The molecule has 1 heterocycles. The Bertz CT molecular complexity index is 293. The third-order valence-electron chi connectivity index (χ3n) is 2.28. The molecule has 0 amide bonds. The number of aromatic nitrogens is 1. The van der Waals surface area contributed by atoms with Crippen molar-refractivity contribution in [3.63, 3.8) is 0 Å². The largest absolute Gasteiger partial charge is 0.389 e. The van der Waals surface area contributed by atoms with Crippen molar-refractivity contribution in [3.05, 3.63) is 23.9 Å². The summed E-state index contributed by atoms with van der Waals surface area (Å²) in [5, 5.41) is 9.35. The molecule has 1 aromatic heterocycles. The zero-order valence-electron chi connectivity index (χ0n) is 9.94. The third-order valence-corrected chi connectivity index (χ3v) is 2.28. The zero-order chi connectivity index (χ0) is 11.4. The van der Waals surface area contributed by atoms with Crippen LogP contribution in [0.3, 0.4) is 0 Å². The molecule has 3 nitrogen and oxygen atoms in total. The van der Waals surface area contributed by atoms with Crippen molar-refractivity contribution in [1.29, 1.82) is 0 Å². The molecule has 1 N–H and O–H groups in total. The van der Waals surface area contributed by atoms with E-state index in [4.69, 9.17) is 0 Å².